The molecule has 1 aromatic carbocycles. The van der Waals surface area contributed by atoms with E-state index in [4.69, 9.17) is 14.5 Å². The lowest BCUT2D eigenvalue weighted by Crippen LogP contribution is -2.39. The molecule has 11 heteroatoms. The summed E-state index contributed by atoms with van der Waals surface area (Å²) >= 11 is 0. The molecule has 0 unspecified atom stereocenters. The summed E-state index contributed by atoms with van der Waals surface area (Å²) in [5.41, 5.74) is 2.29. The zero-order valence-electron chi connectivity index (χ0n) is 24.2. The van der Waals surface area contributed by atoms with E-state index in [1.165, 1.54) is 19.9 Å². The van der Waals surface area contributed by atoms with Crippen LogP contribution >= 0.6 is 0 Å². The highest BCUT2D eigenvalue weighted by Gasteiger charge is 2.24. The molecule has 2 aromatic heterocycles. The number of amides is 1. The molecule has 0 bridgehead atoms. The Kier molecular flexibility index (Phi) is 9.35. The summed E-state index contributed by atoms with van der Waals surface area (Å²) in [4.78, 5) is 36.3. The molecule has 0 spiro atoms. The highest BCUT2D eigenvalue weighted by Crippen LogP contribution is 2.27. The molecule has 3 aromatic rings. The second kappa shape index (κ2) is 13.3. The van der Waals surface area contributed by atoms with Crippen molar-refractivity contribution in [1.82, 2.24) is 25.2 Å². The fourth-order valence-electron chi connectivity index (χ4n) is 5.46. The molecule has 11 nitrogen and oxygen atoms in total. The van der Waals surface area contributed by atoms with E-state index in [1.807, 2.05) is 38.2 Å². The van der Waals surface area contributed by atoms with Crippen molar-refractivity contribution in [3.05, 3.63) is 46.4 Å². The largest absolute Gasteiger partial charge is 0.478 e. The van der Waals surface area contributed by atoms with E-state index in [-0.39, 0.29) is 23.8 Å². The van der Waals surface area contributed by atoms with Gasteiger partial charge in [0.2, 0.25) is 5.95 Å². The van der Waals surface area contributed by atoms with Crippen LogP contribution in [0.4, 0.5) is 17.5 Å². The molecule has 2 saturated heterocycles. The first-order valence-electron chi connectivity index (χ1n) is 14.6. The third-order valence-electron chi connectivity index (χ3n) is 7.99. The van der Waals surface area contributed by atoms with Crippen molar-refractivity contribution in [2.45, 2.75) is 52.2 Å². The Morgan fingerprint density at radius 3 is 2.66 bits per heavy atom. The van der Waals surface area contributed by atoms with E-state index >= 15 is 0 Å². The van der Waals surface area contributed by atoms with Crippen molar-refractivity contribution in [1.29, 1.82) is 0 Å². The minimum atomic E-state index is -0.299. The summed E-state index contributed by atoms with van der Waals surface area (Å²) in [6.07, 6.45) is 6.50. The van der Waals surface area contributed by atoms with Crippen LogP contribution in [-0.2, 0) is 16.1 Å². The molecular weight excluding hydrogens is 522 g/mol. The van der Waals surface area contributed by atoms with E-state index in [2.05, 4.69) is 25.8 Å². The summed E-state index contributed by atoms with van der Waals surface area (Å²) < 4.78 is 13.5. The monoisotopic (exact) mass is 563 g/mol. The molecule has 0 radical (unpaired) electrons. The summed E-state index contributed by atoms with van der Waals surface area (Å²) in [6, 6.07) is 7.50. The molecule has 5 rings (SSSR count). The predicted molar refractivity (Wildman–Crippen MR) is 160 cm³/mol. The number of carbonyl (C=O) groups is 1. The van der Waals surface area contributed by atoms with Gasteiger partial charge >= 0.3 is 0 Å². The number of pyridine rings is 1. The highest BCUT2D eigenvalue weighted by atomic mass is 16.5. The number of aryl methyl sites for hydroxylation is 2. The summed E-state index contributed by atoms with van der Waals surface area (Å²) in [7, 11) is 1.53. The number of hydrogen-bond acceptors (Lipinski definition) is 9. The summed E-state index contributed by atoms with van der Waals surface area (Å²) in [5.74, 6) is 1.96. The van der Waals surface area contributed by atoms with Crippen LogP contribution in [0.3, 0.4) is 0 Å². The molecule has 41 heavy (non-hydrogen) atoms. The summed E-state index contributed by atoms with van der Waals surface area (Å²) in [6.45, 7) is 8.94. The van der Waals surface area contributed by atoms with Gasteiger partial charge in [-0.3, -0.25) is 9.59 Å². The maximum absolute atomic E-state index is 12.9. The third-order valence-corrected chi connectivity index (χ3v) is 7.99. The quantitative estimate of drug-likeness (QED) is 0.342. The van der Waals surface area contributed by atoms with Crippen LogP contribution < -0.4 is 31.1 Å². The topological polar surface area (TPSA) is 123 Å². The van der Waals surface area contributed by atoms with Crippen LogP contribution in [0.25, 0.3) is 10.9 Å². The smallest absolute Gasteiger partial charge is 0.293 e. The van der Waals surface area contributed by atoms with Crippen molar-refractivity contribution in [3.8, 4) is 5.75 Å². The average molecular weight is 564 g/mol. The van der Waals surface area contributed by atoms with Crippen molar-refractivity contribution in [2.75, 3.05) is 56.7 Å². The lowest BCUT2D eigenvalue weighted by molar-refractivity contribution is -0.122. The zero-order valence-corrected chi connectivity index (χ0v) is 24.2. The van der Waals surface area contributed by atoms with Gasteiger partial charge in [-0.2, -0.15) is 4.98 Å². The number of likely N-dealkylation sites (N-methyl/N-ethyl adjacent to an activating group) is 1. The molecule has 0 saturated carbocycles. The van der Waals surface area contributed by atoms with Crippen LogP contribution in [0.15, 0.2) is 35.3 Å². The van der Waals surface area contributed by atoms with Crippen molar-refractivity contribution in [2.24, 2.45) is 5.92 Å². The number of hydrogen-bond donors (Lipinski definition) is 3. The minimum absolute atomic E-state index is 0.142. The maximum atomic E-state index is 12.9. The molecule has 0 atom stereocenters. The van der Waals surface area contributed by atoms with Gasteiger partial charge in [-0.15, -0.1) is 0 Å². The summed E-state index contributed by atoms with van der Waals surface area (Å²) in [5, 5.41) is 10.2. The molecular formula is C30H41N7O4. The Labute approximate surface area is 240 Å². The molecule has 3 N–H and O–H groups in total. The van der Waals surface area contributed by atoms with Crippen LogP contribution in [0.1, 0.15) is 38.2 Å². The first-order chi connectivity index (χ1) is 19.9. The Morgan fingerprint density at radius 1 is 1.15 bits per heavy atom. The molecule has 2 aliphatic rings. The maximum Gasteiger partial charge on any atom is 0.293 e. The number of nitrogens with zero attached hydrogens (tertiary/aromatic N) is 4. The van der Waals surface area contributed by atoms with Crippen LogP contribution in [0.2, 0.25) is 0 Å². The molecule has 220 valence electrons. The van der Waals surface area contributed by atoms with Gasteiger partial charge in [0.15, 0.2) is 12.4 Å². The first kappa shape index (κ1) is 28.8. The number of aromatic nitrogens is 3. The third kappa shape index (κ3) is 6.97. The molecule has 2 aliphatic heterocycles. The fourth-order valence-corrected chi connectivity index (χ4v) is 5.46. The number of carbonyl (C=O) groups excluding carboxylic acids is 1. The Bertz CT molecular complexity index is 1410. The number of ether oxygens (including phenoxy) is 2. The Hall–Kier alpha value is -3.70. The average Bonchev–Trinajstić information content (AvgIpc) is 3.01. The molecule has 1 amide bonds. The van der Waals surface area contributed by atoms with Crippen LogP contribution in [-0.4, -0.2) is 73.0 Å². The van der Waals surface area contributed by atoms with E-state index in [0.717, 1.165) is 73.6 Å². The standard InChI is InChI=1S/C30H41N7O4/c1-4-37-25-6-5-23(15-22(25)16-26(29(37)39)41-19-27(38)31-3)34-28-20(2)17-33-30(35-28)36-13-9-24(10-14-36)40-18-21-7-11-32-12-8-21/h5-6,15-17,21,24,32H,4,7-14,18-19H2,1-3H3,(H,31,38)(H,33,34,35). The second-order valence-electron chi connectivity index (χ2n) is 10.8. The SMILES string of the molecule is CCn1c(=O)c(OCC(=O)NC)cc2cc(Nc3nc(N4CCC(OCC5CCNCC5)CC4)ncc3C)ccc21. The number of rotatable bonds is 10. The lowest BCUT2D eigenvalue weighted by atomic mass is 9.99. The highest BCUT2D eigenvalue weighted by molar-refractivity contribution is 5.85. The number of nitrogens with one attached hydrogen (secondary N) is 3. The van der Waals surface area contributed by atoms with E-state index in [9.17, 15) is 9.59 Å². The van der Waals surface area contributed by atoms with Gasteiger partial charge in [-0.1, -0.05) is 0 Å². The molecule has 0 aliphatic carbocycles. The predicted octanol–water partition coefficient (Wildman–Crippen LogP) is 2.97. The molecule has 4 heterocycles. The van der Waals surface area contributed by atoms with Crippen molar-refractivity contribution >= 4 is 34.3 Å². The minimum Gasteiger partial charge on any atom is -0.478 e. The van der Waals surface area contributed by atoms with Gasteiger partial charge in [0.1, 0.15) is 5.82 Å². The fraction of sp³-hybridized carbons (Fsp3) is 0.533. The second-order valence-corrected chi connectivity index (χ2v) is 10.8. The van der Waals surface area contributed by atoms with Gasteiger partial charge in [0, 0.05) is 56.1 Å². The normalized spacial score (nSPS) is 16.6. The number of anilines is 3. The van der Waals surface area contributed by atoms with E-state index in [1.54, 1.807) is 10.6 Å². The van der Waals surface area contributed by atoms with Gasteiger partial charge in [-0.25, -0.2) is 4.98 Å². The lowest BCUT2D eigenvalue weighted by Gasteiger charge is -2.33. The van der Waals surface area contributed by atoms with Crippen LogP contribution in [0, 0.1) is 12.8 Å². The van der Waals surface area contributed by atoms with E-state index < -0.39 is 0 Å². The number of benzene rings is 1. The zero-order chi connectivity index (χ0) is 28.8. The van der Waals surface area contributed by atoms with Crippen LogP contribution in [0.5, 0.6) is 5.75 Å². The van der Waals surface area contributed by atoms with Gasteiger partial charge in [-0.05, 0) is 82.8 Å². The molecule has 2 fully saturated rings. The van der Waals surface area contributed by atoms with Gasteiger partial charge in [0.25, 0.3) is 11.5 Å². The van der Waals surface area contributed by atoms with Crippen molar-refractivity contribution < 1.29 is 14.3 Å². The van der Waals surface area contributed by atoms with Gasteiger partial charge in [0.05, 0.1) is 11.6 Å². The Morgan fingerprint density at radius 2 is 1.93 bits per heavy atom. The van der Waals surface area contributed by atoms with Crippen molar-refractivity contribution in [3.63, 3.8) is 0 Å². The number of piperidine rings is 2. The number of fused-ring (bicyclic) bond motifs is 1. The van der Waals surface area contributed by atoms with E-state index in [0.29, 0.717) is 24.5 Å². The van der Waals surface area contributed by atoms with Gasteiger partial charge < -0.3 is 34.9 Å². The first-order valence-corrected chi connectivity index (χ1v) is 14.6. The Balaban J connectivity index is 1.27.